The summed E-state index contributed by atoms with van der Waals surface area (Å²) in [5, 5.41) is 17.5. The molecule has 146 valence electrons. The van der Waals surface area contributed by atoms with E-state index in [-0.39, 0.29) is 11.6 Å². The summed E-state index contributed by atoms with van der Waals surface area (Å²) in [6.45, 7) is 0.239. The lowest BCUT2D eigenvalue weighted by Gasteiger charge is -2.23. The minimum Gasteiger partial charge on any atom is -0.505 e. The van der Waals surface area contributed by atoms with E-state index in [9.17, 15) is 13.9 Å². The van der Waals surface area contributed by atoms with Crippen molar-refractivity contribution in [1.29, 1.82) is 0 Å². The summed E-state index contributed by atoms with van der Waals surface area (Å²) in [5.74, 6) is -1.09. The Kier molecular flexibility index (Phi) is 5.18. The van der Waals surface area contributed by atoms with Crippen molar-refractivity contribution in [3.8, 4) is 17.0 Å². The topological polar surface area (TPSA) is 52.1 Å². The predicted octanol–water partition coefficient (Wildman–Crippen LogP) is 6.05. The van der Waals surface area contributed by atoms with Crippen molar-refractivity contribution < 1.29 is 13.9 Å². The molecule has 0 aliphatic heterocycles. The summed E-state index contributed by atoms with van der Waals surface area (Å²) in [6, 6.07) is 19.6. The fourth-order valence-electron chi connectivity index (χ4n) is 3.01. The maximum Gasteiger partial charge on any atom is 0.164 e. The minimum atomic E-state index is -0.722. The van der Waals surface area contributed by atoms with Crippen LogP contribution in [0.15, 0.2) is 72.8 Å². The Morgan fingerprint density at radius 3 is 2.48 bits per heavy atom. The molecule has 0 saturated carbocycles. The van der Waals surface area contributed by atoms with E-state index in [4.69, 9.17) is 11.6 Å². The summed E-state index contributed by atoms with van der Waals surface area (Å²) in [5.41, 5.74) is 2.91. The predicted molar refractivity (Wildman–Crippen MR) is 109 cm³/mol. The fraction of sp³-hybridized carbons (Fsp3) is 0.0455. The smallest absolute Gasteiger partial charge is 0.164 e. The molecule has 29 heavy (non-hydrogen) atoms. The first kappa shape index (κ1) is 19.0. The van der Waals surface area contributed by atoms with Gasteiger partial charge in [0.15, 0.2) is 17.4 Å². The van der Waals surface area contributed by atoms with E-state index in [2.05, 4.69) is 10.2 Å². The zero-order valence-corrected chi connectivity index (χ0v) is 15.9. The van der Waals surface area contributed by atoms with Crippen LogP contribution < -0.4 is 4.90 Å². The van der Waals surface area contributed by atoms with E-state index in [1.165, 1.54) is 30.3 Å². The first-order chi connectivity index (χ1) is 14.0. The van der Waals surface area contributed by atoms with E-state index in [1.807, 2.05) is 36.4 Å². The summed E-state index contributed by atoms with van der Waals surface area (Å²) < 4.78 is 27.0. The third-order valence-corrected chi connectivity index (χ3v) is 4.86. The third-order valence-electron chi connectivity index (χ3n) is 4.51. The molecule has 0 amide bonds. The van der Waals surface area contributed by atoms with E-state index in [0.29, 0.717) is 17.1 Å². The summed E-state index contributed by atoms with van der Waals surface area (Å²) in [7, 11) is 0. The molecular weight excluding hydrogens is 396 g/mol. The number of H-pyrrole nitrogens is 1. The number of aromatic amines is 1. The highest BCUT2D eigenvalue weighted by molar-refractivity contribution is 6.31. The van der Waals surface area contributed by atoms with Gasteiger partial charge in [0.2, 0.25) is 0 Å². The van der Waals surface area contributed by atoms with Crippen molar-refractivity contribution in [3.63, 3.8) is 0 Å². The van der Waals surface area contributed by atoms with Crippen LogP contribution in [0.1, 0.15) is 5.56 Å². The van der Waals surface area contributed by atoms with Crippen LogP contribution in [0.25, 0.3) is 11.3 Å². The van der Waals surface area contributed by atoms with Gasteiger partial charge in [0.25, 0.3) is 0 Å². The fourth-order valence-corrected chi connectivity index (χ4v) is 3.24. The number of phenolic OH excluding ortho intramolecular Hbond substituents is 1. The lowest BCUT2D eigenvalue weighted by Crippen LogP contribution is -2.17. The molecule has 4 nitrogen and oxygen atoms in total. The molecule has 3 aromatic carbocycles. The molecule has 0 saturated heterocycles. The van der Waals surface area contributed by atoms with E-state index >= 15 is 0 Å². The number of aromatic hydroxyl groups is 1. The van der Waals surface area contributed by atoms with Crippen LogP contribution >= 0.6 is 11.6 Å². The first-order valence-corrected chi connectivity index (χ1v) is 9.20. The Morgan fingerprint density at radius 2 is 1.76 bits per heavy atom. The molecule has 0 fully saturated rings. The highest BCUT2D eigenvalue weighted by atomic mass is 35.5. The van der Waals surface area contributed by atoms with Crippen LogP contribution in [0.4, 0.5) is 20.3 Å². The Bertz CT molecular complexity index is 1150. The number of halogens is 3. The number of anilines is 2. The molecule has 4 aromatic rings. The molecule has 0 aliphatic carbocycles. The molecular formula is C22H16ClF2N3O. The largest absolute Gasteiger partial charge is 0.505 e. The van der Waals surface area contributed by atoms with E-state index in [1.54, 1.807) is 11.0 Å². The van der Waals surface area contributed by atoms with Crippen molar-refractivity contribution in [1.82, 2.24) is 10.2 Å². The van der Waals surface area contributed by atoms with Gasteiger partial charge in [-0.1, -0.05) is 48.0 Å². The molecule has 1 aromatic heterocycles. The lowest BCUT2D eigenvalue weighted by molar-refractivity contribution is 0.432. The van der Waals surface area contributed by atoms with Gasteiger partial charge < -0.3 is 10.0 Å². The Labute approximate surface area is 171 Å². The average molecular weight is 412 g/mol. The maximum absolute atomic E-state index is 13.6. The number of phenols is 1. The summed E-state index contributed by atoms with van der Waals surface area (Å²) in [6.07, 6.45) is 0. The zero-order valence-electron chi connectivity index (χ0n) is 15.1. The van der Waals surface area contributed by atoms with Crippen LogP contribution in [0.2, 0.25) is 5.02 Å². The van der Waals surface area contributed by atoms with Gasteiger partial charge in [-0.2, -0.15) is 5.10 Å². The number of nitrogens with one attached hydrogen (secondary N) is 1. The van der Waals surface area contributed by atoms with Gasteiger partial charge in [-0.3, -0.25) is 5.10 Å². The molecule has 4 rings (SSSR count). The highest BCUT2D eigenvalue weighted by Gasteiger charge is 2.17. The second-order valence-corrected chi connectivity index (χ2v) is 6.87. The number of hydrogen-bond donors (Lipinski definition) is 2. The highest BCUT2D eigenvalue weighted by Crippen LogP contribution is 2.33. The van der Waals surface area contributed by atoms with Gasteiger partial charge in [-0.25, -0.2) is 8.78 Å². The van der Waals surface area contributed by atoms with Crippen molar-refractivity contribution in [2.45, 2.75) is 6.54 Å². The maximum atomic E-state index is 13.6. The Morgan fingerprint density at radius 1 is 0.966 bits per heavy atom. The molecule has 0 aliphatic rings. The number of benzene rings is 3. The molecule has 7 heteroatoms. The molecule has 0 radical (unpaired) electrons. The zero-order chi connectivity index (χ0) is 20.4. The van der Waals surface area contributed by atoms with E-state index < -0.39 is 17.4 Å². The van der Waals surface area contributed by atoms with Crippen molar-refractivity contribution in [2.24, 2.45) is 0 Å². The number of nitrogens with zero attached hydrogens (tertiary/aromatic N) is 2. The normalized spacial score (nSPS) is 10.9. The van der Waals surface area contributed by atoms with Gasteiger partial charge in [-0.15, -0.1) is 0 Å². The van der Waals surface area contributed by atoms with Gasteiger partial charge in [0.1, 0.15) is 5.82 Å². The second kappa shape index (κ2) is 7.93. The Hall–Kier alpha value is -3.38. The molecule has 0 atom stereocenters. The molecule has 0 unspecified atom stereocenters. The van der Waals surface area contributed by atoms with Crippen molar-refractivity contribution in [2.75, 3.05) is 4.90 Å². The monoisotopic (exact) mass is 411 g/mol. The average Bonchev–Trinajstić information content (AvgIpc) is 3.20. The second-order valence-electron chi connectivity index (χ2n) is 6.46. The van der Waals surface area contributed by atoms with E-state index in [0.717, 1.165) is 11.3 Å². The van der Waals surface area contributed by atoms with Crippen LogP contribution in [0.5, 0.6) is 5.75 Å². The van der Waals surface area contributed by atoms with Gasteiger partial charge >= 0.3 is 0 Å². The molecule has 0 bridgehead atoms. The summed E-state index contributed by atoms with van der Waals surface area (Å²) in [4.78, 5) is 1.75. The SMILES string of the molecule is Oc1cc(N(Cc2ccc(F)cc2Cl)c2cc(-c3ccccc3)[nH]n2)ccc1F. The van der Waals surface area contributed by atoms with Gasteiger partial charge in [0, 0.05) is 22.8 Å². The van der Waals surface area contributed by atoms with Crippen molar-refractivity contribution >= 4 is 23.1 Å². The van der Waals surface area contributed by atoms with Crippen molar-refractivity contribution in [3.05, 3.63) is 95.0 Å². The minimum absolute atomic E-state index is 0.239. The molecule has 0 spiro atoms. The Balaban J connectivity index is 1.76. The van der Waals surface area contributed by atoms with Crippen LogP contribution in [-0.4, -0.2) is 15.3 Å². The molecule has 1 heterocycles. The van der Waals surface area contributed by atoms with Crippen LogP contribution in [0, 0.1) is 11.6 Å². The first-order valence-electron chi connectivity index (χ1n) is 8.82. The van der Waals surface area contributed by atoms with Crippen LogP contribution in [0.3, 0.4) is 0 Å². The quantitative estimate of drug-likeness (QED) is 0.420. The lowest BCUT2D eigenvalue weighted by atomic mass is 10.1. The van der Waals surface area contributed by atoms with Gasteiger partial charge in [-0.05, 0) is 35.4 Å². The number of rotatable bonds is 5. The molecule has 2 N–H and O–H groups in total. The summed E-state index contributed by atoms with van der Waals surface area (Å²) >= 11 is 6.20. The third kappa shape index (κ3) is 4.07. The number of hydrogen-bond acceptors (Lipinski definition) is 3. The number of aromatic nitrogens is 2. The van der Waals surface area contributed by atoms with Crippen LogP contribution in [-0.2, 0) is 6.54 Å². The van der Waals surface area contributed by atoms with Gasteiger partial charge in [0.05, 0.1) is 12.2 Å². The standard InChI is InChI=1S/C22H16ClF2N3O/c23-18-10-16(24)7-6-15(18)13-28(17-8-9-19(25)21(29)11-17)22-12-20(26-27-22)14-4-2-1-3-5-14/h1-12,29H,13H2,(H,26,27).